The molecular weight excluding hydrogens is 218 g/mol. The van der Waals surface area contributed by atoms with Gasteiger partial charge in [-0.3, -0.25) is 4.79 Å². The van der Waals surface area contributed by atoms with E-state index >= 15 is 0 Å². The molecule has 1 unspecified atom stereocenters. The van der Waals surface area contributed by atoms with Crippen LogP contribution < -0.4 is 0 Å². The molecule has 1 fully saturated rings. The van der Waals surface area contributed by atoms with Crippen LogP contribution in [0, 0.1) is 11.8 Å². The van der Waals surface area contributed by atoms with Gasteiger partial charge in [0.25, 0.3) is 0 Å². The first-order valence-electron chi connectivity index (χ1n) is 6.56. The molecule has 1 saturated heterocycles. The molecule has 0 amide bonds. The third kappa shape index (κ3) is 6.64. The van der Waals surface area contributed by atoms with E-state index in [0.29, 0.717) is 0 Å². The highest BCUT2D eigenvalue weighted by molar-refractivity contribution is 5.66. The summed E-state index contributed by atoms with van der Waals surface area (Å²) < 4.78 is 5.34. The first-order valence-corrected chi connectivity index (χ1v) is 6.56. The average Bonchev–Trinajstić information content (AvgIpc) is 2.26. The van der Waals surface area contributed by atoms with Crippen LogP contribution in [0.1, 0.15) is 32.6 Å². The third-order valence-electron chi connectivity index (χ3n) is 3.41. The Hall–Kier alpha value is -0.610. The zero-order valence-electron chi connectivity index (χ0n) is 11.0. The lowest BCUT2D eigenvalue weighted by Crippen LogP contribution is -2.29. The molecule has 4 heteroatoms. The van der Waals surface area contributed by atoms with E-state index in [1.807, 2.05) is 6.92 Å². The second kappa shape index (κ2) is 7.67. The van der Waals surface area contributed by atoms with Gasteiger partial charge in [0.15, 0.2) is 0 Å². The summed E-state index contributed by atoms with van der Waals surface area (Å²) >= 11 is 0. The molecule has 17 heavy (non-hydrogen) atoms. The third-order valence-corrected chi connectivity index (χ3v) is 3.41. The molecule has 0 spiro atoms. The molecule has 0 aromatic rings. The Morgan fingerprint density at radius 2 is 2.12 bits per heavy atom. The van der Waals surface area contributed by atoms with Crippen molar-refractivity contribution < 1.29 is 14.6 Å². The lowest BCUT2D eigenvalue weighted by molar-refractivity contribution is -0.138. The van der Waals surface area contributed by atoms with Crippen molar-refractivity contribution >= 4 is 5.97 Å². The van der Waals surface area contributed by atoms with Crippen LogP contribution in [0.4, 0.5) is 0 Å². The number of rotatable bonds is 7. The lowest BCUT2D eigenvalue weighted by Gasteiger charge is -2.26. The summed E-state index contributed by atoms with van der Waals surface area (Å²) in [6, 6.07) is 0. The van der Waals surface area contributed by atoms with E-state index in [1.165, 1.54) is 19.3 Å². The fourth-order valence-corrected chi connectivity index (χ4v) is 2.42. The molecule has 4 nitrogen and oxygen atoms in total. The summed E-state index contributed by atoms with van der Waals surface area (Å²) in [5.74, 6) is 0.323. The Bertz CT molecular complexity index is 227. The van der Waals surface area contributed by atoms with Gasteiger partial charge in [-0.1, -0.05) is 6.92 Å². The predicted octanol–water partition coefficient (Wildman–Crippen LogP) is 1.85. The molecule has 0 aromatic heterocycles. The quantitative estimate of drug-likeness (QED) is 0.741. The van der Waals surface area contributed by atoms with Crippen molar-refractivity contribution in [3.8, 4) is 0 Å². The van der Waals surface area contributed by atoms with E-state index in [0.717, 1.165) is 32.2 Å². The zero-order valence-corrected chi connectivity index (χ0v) is 11.0. The molecule has 0 aromatic carbocycles. The largest absolute Gasteiger partial charge is 0.481 e. The normalized spacial score (nSPS) is 19.5. The molecule has 0 bridgehead atoms. The number of hydrogen-bond acceptors (Lipinski definition) is 3. The second-order valence-corrected chi connectivity index (χ2v) is 5.31. The molecule has 1 atom stereocenters. The van der Waals surface area contributed by atoms with E-state index in [9.17, 15) is 4.79 Å². The van der Waals surface area contributed by atoms with E-state index in [-0.39, 0.29) is 12.3 Å². The van der Waals surface area contributed by atoms with Crippen molar-refractivity contribution in [2.45, 2.75) is 32.6 Å². The van der Waals surface area contributed by atoms with E-state index in [4.69, 9.17) is 9.84 Å². The topological polar surface area (TPSA) is 49.8 Å². The van der Waals surface area contributed by atoms with Crippen LogP contribution in [0.25, 0.3) is 0 Å². The van der Waals surface area contributed by atoms with E-state index in [2.05, 4.69) is 11.9 Å². The van der Waals surface area contributed by atoms with Gasteiger partial charge < -0.3 is 14.7 Å². The number of hydrogen-bond donors (Lipinski definition) is 1. The summed E-state index contributed by atoms with van der Waals surface area (Å²) in [5, 5.41) is 8.70. The molecule has 1 aliphatic rings. The predicted molar refractivity (Wildman–Crippen MR) is 67.1 cm³/mol. The number of aliphatic carboxylic acids is 1. The van der Waals surface area contributed by atoms with Gasteiger partial charge in [0.1, 0.15) is 0 Å². The summed E-state index contributed by atoms with van der Waals surface area (Å²) in [5.41, 5.74) is 0. The molecule has 100 valence electrons. The molecule has 1 N–H and O–H groups in total. The maximum absolute atomic E-state index is 10.6. The van der Waals surface area contributed by atoms with Crippen LogP contribution in [-0.4, -0.2) is 49.3 Å². The van der Waals surface area contributed by atoms with E-state index in [1.54, 1.807) is 0 Å². The fourth-order valence-electron chi connectivity index (χ4n) is 2.42. The Morgan fingerprint density at radius 3 is 2.71 bits per heavy atom. The van der Waals surface area contributed by atoms with Crippen molar-refractivity contribution in [1.82, 2.24) is 4.90 Å². The summed E-state index contributed by atoms with van der Waals surface area (Å²) in [4.78, 5) is 12.8. The van der Waals surface area contributed by atoms with Crippen molar-refractivity contribution in [2.75, 3.05) is 33.4 Å². The number of ether oxygens (including phenoxy) is 1. The van der Waals surface area contributed by atoms with Gasteiger partial charge in [0.05, 0.1) is 0 Å². The van der Waals surface area contributed by atoms with Crippen molar-refractivity contribution in [1.29, 1.82) is 0 Å². The van der Waals surface area contributed by atoms with Crippen LogP contribution in [0.3, 0.4) is 0 Å². The molecule has 1 aliphatic heterocycles. The van der Waals surface area contributed by atoms with Gasteiger partial charge in [0.2, 0.25) is 0 Å². The molecular formula is C13H25NO3. The van der Waals surface area contributed by atoms with Crippen molar-refractivity contribution in [2.24, 2.45) is 11.8 Å². The number of carboxylic acid groups (broad SMARTS) is 1. The SMILES string of the molecule is CC(CC(=O)O)CN(C)CCC1CCOCC1. The highest BCUT2D eigenvalue weighted by atomic mass is 16.5. The molecule has 0 saturated carbocycles. The van der Waals surface area contributed by atoms with E-state index < -0.39 is 5.97 Å². The fraction of sp³-hybridized carbons (Fsp3) is 0.923. The summed E-state index contributed by atoms with van der Waals surface area (Å²) in [6.07, 6.45) is 3.83. The lowest BCUT2D eigenvalue weighted by atomic mass is 9.96. The molecule has 1 rings (SSSR count). The minimum Gasteiger partial charge on any atom is -0.481 e. The Kier molecular flexibility index (Phi) is 6.52. The minimum atomic E-state index is -0.699. The van der Waals surface area contributed by atoms with Crippen LogP contribution in [-0.2, 0) is 9.53 Å². The first-order chi connectivity index (χ1) is 8.08. The van der Waals surface area contributed by atoms with Crippen LogP contribution >= 0.6 is 0 Å². The molecule has 0 radical (unpaired) electrons. The second-order valence-electron chi connectivity index (χ2n) is 5.31. The zero-order chi connectivity index (χ0) is 12.7. The summed E-state index contributed by atoms with van der Waals surface area (Å²) in [6.45, 7) is 5.75. The van der Waals surface area contributed by atoms with Gasteiger partial charge in [-0.2, -0.15) is 0 Å². The number of carboxylic acids is 1. The van der Waals surface area contributed by atoms with Gasteiger partial charge >= 0.3 is 5.97 Å². The summed E-state index contributed by atoms with van der Waals surface area (Å²) in [7, 11) is 2.08. The van der Waals surface area contributed by atoms with Crippen LogP contribution in [0.2, 0.25) is 0 Å². The van der Waals surface area contributed by atoms with Gasteiger partial charge in [-0.15, -0.1) is 0 Å². The Morgan fingerprint density at radius 1 is 1.47 bits per heavy atom. The minimum absolute atomic E-state index is 0.229. The standard InChI is InChI=1S/C13H25NO3/c1-11(9-13(15)16)10-14(2)6-3-12-4-7-17-8-5-12/h11-12H,3-10H2,1-2H3,(H,15,16). The maximum atomic E-state index is 10.6. The molecule has 0 aliphatic carbocycles. The highest BCUT2D eigenvalue weighted by Gasteiger charge is 2.15. The Labute approximate surface area is 104 Å². The van der Waals surface area contributed by atoms with Gasteiger partial charge in [-0.05, 0) is 44.7 Å². The maximum Gasteiger partial charge on any atom is 0.303 e. The molecule has 1 heterocycles. The van der Waals surface area contributed by atoms with Crippen LogP contribution in [0.15, 0.2) is 0 Å². The van der Waals surface area contributed by atoms with Crippen molar-refractivity contribution in [3.63, 3.8) is 0 Å². The first kappa shape index (κ1) is 14.5. The van der Waals surface area contributed by atoms with Crippen molar-refractivity contribution in [3.05, 3.63) is 0 Å². The van der Waals surface area contributed by atoms with Gasteiger partial charge in [-0.25, -0.2) is 0 Å². The number of nitrogens with zero attached hydrogens (tertiary/aromatic N) is 1. The Balaban J connectivity index is 2.11. The van der Waals surface area contributed by atoms with Gasteiger partial charge in [0, 0.05) is 26.2 Å². The van der Waals surface area contributed by atoms with Crippen LogP contribution in [0.5, 0.6) is 0 Å². The smallest absolute Gasteiger partial charge is 0.303 e. The number of carbonyl (C=O) groups is 1. The monoisotopic (exact) mass is 243 g/mol. The highest BCUT2D eigenvalue weighted by Crippen LogP contribution is 2.18. The average molecular weight is 243 g/mol.